The van der Waals surface area contributed by atoms with E-state index in [1.165, 1.54) is 32.1 Å². The molecule has 0 amide bonds. The van der Waals surface area contributed by atoms with Crippen LogP contribution in [0.3, 0.4) is 0 Å². The van der Waals surface area contributed by atoms with Gasteiger partial charge in [-0.15, -0.1) is 0 Å². The Bertz CT molecular complexity index is 341. The van der Waals surface area contributed by atoms with Gasteiger partial charge in [-0.05, 0) is 63.2 Å². The predicted octanol–water partition coefficient (Wildman–Crippen LogP) is 2.95. The third-order valence-corrected chi connectivity index (χ3v) is 5.54. The van der Waals surface area contributed by atoms with Crippen molar-refractivity contribution in [1.29, 1.82) is 5.26 Å². The Balaban J connectivity index is 1.59. The molecule has 0 radical (unpaired) electrons. The Kier molecular flexibility index (Phi) is 2.70. The van der Waals surface area contributed by atoms with E-state index in [-0.39, 0.29) is 5.41 Å². The first kappa shape index (κ1) is 11.5. The molecule has 3 aliphatic rings. The summed E-state index contributed by atoms with van der Waals surface area (Å²) in [6, 6.07) is 3.11. The molecule has 3 saturated carbocycles. The van der Waals surface area contributed by atoms with Gasteiger partial charge in [0.05, 0.1) is 11.5 Å². The molecule has 0 heterocycles. The Morgan fingerprint density at radius 1 is 1.18 bits per heavy atom. The highest BCUT2D eigenvalue weighted by Gasteiger charge is 2.53. The van der Waals surface area contributed by atoms with Gasteiger partial charge < -0.3 is 5.32 Å². The highest BCUT2D eigenvalue weighted by Crippen LogP contribution is 2.58. The average molecular weight is 232 g/mol. The van der Waals surface area contributed by atoms with Gasteiger partial charge in [-0.2, -0.15) is 5.26 Å². The van der Waals surface area contributed by atoms with Gasteiger partial charge in [0.15, 0.2) is 0 Å². The minimum Gasteiger partial charge on any atom is -0.312 e. The summed E-state index contributed by atoms with van der Waals surface area (Å²) in [5.74, 6) is 4.04. The van der Waals surface area contributed by atoms with E-state index in [0.29, 0.717) is 6.04 Å². The molecule has 0 saturated heterocycles. The van der Waals surface area contributed by atoms with Crippen LogP contribution in [0.25, 0.3) is 0 Å². The van der Waals surface area contributed by atoms with Gasteiger partial charge in [-0.25, -0.2) is 0 Å². The summed E-state index contributed by atoms with van der Waals surface area (Å²) in [5, 5.41) is 12.8. The van der Waals surface area contributed by atoms with Crippen molar-refractivity contribution in [3.8, 4) is 6.07 Å². The first-order valence-corrected chi connectivity index (χ1v) is 7.25. The Labute approximate surface area is 105 Å². The fourth-order valence-corrected chi connectivity index (χ4v) is 4.73. The summed E-state index contributed by atoms with van der Waals surface area (Å²) in [6.07, 6.45) is 7.31. The zero-order chi connectivity index (χ0) is 12.0. The van der Waals surface area contributed by atoms with Gasteiger partial charge in [-0.1, -0.05) is 6.42 Å². The summed E-state index contributed by atoms with van der Waals surface area (Å²) in [4.78, 5) is 0. The topological polar surface area (TPSA) is 35.8 Å². The maximum Gasteiger partial charge on any atom is 0.0697 e. The Morgan fingerprint density at radius 2 is 1.94 bits per heavy atom. The summed E-state index contributed by atoms with van der Waals surface area (Å²) in [6.45, 7) is 4.92. The second-order valence-corrected chi connectivity index (χ2v) is 7.14. The molecule has 0 aromatic heterocycles. The molecule has 5 atom stereocenters. The number of hydrogen-bond donors (Lipinski definition) is 1. The van der Waals surface area contributed by atoms with Crippen LogP contribution in [0.5, 0.6) is 0 Å². The van der Waals surface area contributed by atoms with Gasteiger partial charge in [0.2, 0.25) is 0 Å². The molecular weight excluding hydrogens is 208 g/mol. The predicted molar refractivity (Wildman–Crippen MR) is 68.2 cm³/mol. The lowest BCUT2D eigenvalue weighted by molar-refractivity contribution is 0.201. The first-order chi connectivity index (χ1) is 8.11. The van der Waals surface area contributed by atoms with E-state index in [4.69, 9.17) is 5.26 Å². The molecule has 3 rings (SSSR count). The van der Waals surface area contributed by atoms with E-state index in [9.17, 15) is 0 Å². The van der Waals surface area contributed by atoms with Crippen molar-refractivity contribution < 1.29 is 0 Å². The quantitative estimate of drug-likeness (QED) is 0.812. The van der Waals surface area contributed by atoms with Gasteiger partial charge in [-0.3, -0.25) is 0 Å². The van der Waals surface area contributed by atoms with Crippen molar-refractivity contribution in [2.75, 3.05) is 6.54 Å². The van der Waals surface area contributed by atoms with E-state index in [2.05, 4.69) is 11.4 Å². The van der Waals surface area contributed by atoms with Crippen LogP contribution in [0.2, 0.25) is 0 Å². The molecule has 2 heteroatoms. The zero-order valence-corrected chi connectivity index (χ0v) is 11.1. The molecule has 0 aliphatic heterocycles. The smallest absolute Gasteiger partial charge is 0.0697 e. The van der Waals surface area contributed by atoms with Crippen molar-refractivity contribution >= 4 is 0 Å². The molecule has 1 N–H and O–H groups in total. The molecule has 3 aliphatic carbocycles. The van der Waals surface area contributed by atoms with E-state index in [0.717, 1.165) is 30.2 Å². The molecule has 0 aromatic rings. The van der Waals surface area contributed by atoms with Crippen LogP contribution >= 0.6 is 0 Å². The zero-order valence-electron chi connectivity index (χ0n) is 11.1. The van der Waals surface area contributed by atoms with Crippen LogP contribution < -0.4 is 5.32 Å². The largest absolute Gasteiger partial charge is 0.312 e. The molecule has 5 unspecified atom stereocenters. The molecule has 0 aromatic carbocycles. The van der Waals surface area contributed by atoms with E-state index >= 15 is 0 Å². The number of rotatable bonds is 3. The molecule has 17 heavy (non-hydrogen) atoms. The van der Waals surface area contributed by atoms with E-state index in [1.807, 2.05) is 13.8 Å². The summed E-state index contributed by atoms with van der Waals surface area (Å²) in [7, 11) is 0. The Hall–Kier alpha value is -0.550. The highest BCUT2D eigenvalue weighted by molar-refractivity contribution is 5.06. The second kappa shape index (κ2) is 3.99. The number of fused-ring (bicyclic) bond motifs is 5. The molecule has 0 spiro atoms. The van der Waals surface area contributed by atoms with Gasteiger partial charge in [0, 0.05) is 12.6 Å². The van der Waals surface area contributed by atoms with Crippen LogP contribution in [-0.4, -0.2) is 12.6 Å². The lowest BCUT2D eigenvalue weighted by Gasteiger charge is -2.33. The number of nitriles is 1. The average Bonchev–Trinajstić information content (AvgIpc) is 2.98. The van der Waals surface area contributed by atoms with Crippen molar-refractivity contribution in [1.82, 2.24) is 5.32 Å². The fraction of sp³-hybridized carbons (Fsp3) is 0.933. The highest BCUT2D eigenvalue weighted by atomic mass is 15.0. The second-order valence-electron chi connectivity index (χ2n) is 7.14. The van der Waals surface area contributed by atoms with Gasteiger partial charge in [0.1, 0.15) is 0 Å². The number of hydrogen-bond acceptors (Lipinski definition) is 2. The fourth-order valence-electron chi connectivity index (χ4n) is 4.73. The van der Waals surface area contributed by atoms with Crippen LogP contribution in [0.4, 0.5) is 0 Å². The number of nitrogens with zero attached hydrogens (tertiary/aromatic N) is 1. The van der Waals surface area contributed by atoms with Crippen molar-refractivity contribution in [3.63, 3.8) is 0 Å². The molecule has 2 nitrogen and oxygen atoms in total. The van der Waals surface area contributed by atoms with Gasteiger partial charge >= 0.3 is 0 Å². The molecule has 94 valence electrons. The normalized spacial score (nSPS) is 43.7. The van der Waals surface area contributed by atoms with Crippen LogP contribution in [0, 0.1) is 40.4 Å². The third-order valence-electron chi connectivity index (χ3n) is 5.54. The minimum absolute atomic E-state index is 0.211. The first-order valence-electron chi connectivity index (χ1n) is 7.25. The third kappa shape index (κ3) is 1.89. The Morgan fingerprint density at radius 3 is 2.71 bits per heavy atom. The van der Waals surface area contributed by atoms with E-state index < -0.39 is 0 Å². The molecular formula is C15H24N2. The van der Waals surface area contributed by atoms with Crippen LogP contribution in [0.1, 0.15) is 46.0 Å². The van der Waals surface area contributed by atoms with Crippen molar-refractivity contribution in [3.05, 3.63) is 0 Å². The van der Waals surface area contributed by atoms with Crippen molar-refractivity contribution in [2.45, 2.75) is 52.0 Å². The standard InChI is InChI=1S/C15H24N2/c1-15(2,8-16)9-17-14-7-10-6-13(14)12-5-3-4-11(10)12/h10-14,17H,3-7,9H2,1-2H3. The van der Waals surface area contributed by atoms with Gasteiger partial charge in [0.25, 0.3) is 0 Å². The van der Waals surface area contributed by atoms with Crippen LogP contribution in [-0.2, 0) is 0 Å². The monoisotopic (exact) mass is 232 g/mol. The maximum absolute atomic E-state index is 9.06. The SMILES string of the molecule is CC(C)(C#N)CNC1CC2CC1C1CCCC21. The molecule has 2 bridgehead atoms. The summed E-state index contributed by atoms with van der Waals surface area (Å²) < 4.78 is 0. The van der Waals surface area contributed by atoms with Crippen molar-refractivity contribution in [2.24, 2.45) is 29.1 Å². The van der Waals surface area contributed by atoms with Crippen LogP contribution in [0.15, 0.2) is 0 Å². The maximum atomic E-state index is 9.06. The molecule has 3 fully saturated rings. The minimum atomic E-state index is -0.211. The number of nitrogens with one attached hydrogen (secondary N) is 1. The van der Waals surface area contributed by atoms with E-state index in [1.54, 1.807) is 0 Å². The summed E-state index contributed by atoms with van der Waals surface area (Å²) in [5.41, 5.74) is -0.211. The summed E-state index contributed by atoms with van der Waals surface area (Å²) >= 11 is 0. The lowest BCUT2D eigenvalue weighted by atomic mass is 9.79. The lowest BCUT2D eigenvalue weighted by Crippen LogP contribution is -2.43.